The van der Waals surface area contributed by atoms with Crippen LogP contribution in [0.25, 0.3) is 34.2 Å². The predicted octanol–water partition coefficient (Wildman–Crippen LogP) is 14.2. The number of dihydropyridines is 1. The van der Waals surface area contributed by atoms with Crippen molar-refractivity contribution in [2.75, 3.05) is 6.54 Å². The fraction of sp³-hybridized carbons (Fsp3) is 0.220. The Kier molecular flexibility index (Phi) is 10.4. The molecule has 1 aliphatic heterocycles. The van der Waals surface area contributed by atoms with Gasteiger partial charge in [-0.05, 0) is 137 Å². The SMILES string of the molecule is C=C/C=C(\C=C/C)c1cc(/C(C=C)=C/C=C)nc(-n2c3c(c4c2C2CC=C4/C=C\CC2C)CC(C2C=CC4=C(C2)c2ccccc2C4(C2=NCCC=C2)c2ccccc2)C=C3)c1. The minimum Gasteiger partial charge on any atom is -0.298 e. The number of hydrogen-bond acceptors (Lipinski definition) is 2. The van der Waals surface area contributed by atoms with E-state index in [0.717, 1.165) is 72.6 Å². The normalized spacial score (nSPS) is 25.3. The number of rotatable bonds is 10. The quantitative estimate of drug-likeness (QED) is 0.147. The summed E-state index contributed by atoms with van der Waals surface area (Å²) in [6.07, 6.45) is 40.8. The van der Waals surface area contributed by atoms with Crippen molar-refractivity contribution in [2.45, 2.75) is 57.3 Å². The molecule has 3 heterocycles. The molecule has 0 radical (unpaired) electrons. The summed E-state index contributed by atoms with van der Waals surface area (Å²) in [6, 6.07) is 24.7. The lowest BCUT2D eigenvalue weighted by molar-refractivity contribution is 0.446. The van der Waals surface area contributed by atoms with Gasteiger partial charge < -0.3 is 0 Å². The average Bonchev–Trinajstić information content (AvgIpc) is 3.81. The molecule has 3 heteroatoms. The van der Waals surface area contributed by atoms with Crippen molar-refractivity contribution in [2.24, 2.45) is 22.7 Å². The van der Waals surface area contributed by atoms with Crippen LogP contribution in [-0.2, 0) is 11.8 Å². The smallest absolute Gasteiger partial charge is 0.138 e. The van der Waals surface area contributed by atoms with E-state index in [0.29, 0.717) is 23.7 Å². The molecule has 0 fully saturated rings. The highest BCUT2D eigenvalue weighted by Crippen LogP contribution is 2.57. The van der Waals surface area contributed by atoms with Crippen molar-refractivity contribution in [3.63, 3.8) is 0 Å². The minimum atomic E-state index is -0.427. The average molecular weight is 806 g/mol. The molecule has 2 aromatic carbocycles. The van der Waals surface area contributed by atoms with Crippen LogP contribution < -0.4 is 0 Å². The van der Waals surface area contributed by atoms with Crippen molar-refractivity contribution in [1.29, 1.82) is 0 Å². The van der Waals surface area contributed by atoms with Gasteiger partial charge in [0.15, 0.2) is 0 Å². The molecule has 10 rings (SSSR count). The number of aliphatic imine (C=N–C) groups is 1. The molecule has 5 atom stereocenters. The third-order valence-electron chi connectivity index (χ3n) is 14.2. The topological polar surface area (TPSA) is 30.2 Å². The van der Waals surface area contributed by atoms with Crippen LogP contribution in [0.5, 0.6) is 0 Å². The van der Waals surface area contributed by atoms with Gasteiger partial charge in [-0.15, -0.1) is 0 Å². The maximum Gasteiger partial charge on any atom is 0.138 e. The molecular weight excluding hydrogens is 751 g/mol. The molecule has 5 unspecified atom stereocenters. The number of fused-ring (bicyclic) bond motifs is 9. The number of benzene rings is 2. The molecular formula is C59H55N3. The number of nitrogens with zero attached hydrogens (tertiary/aromatic N) is 3. The zero-order valence-electron chi connectivity index (χ0n) is 36.1. The first-order valence-electron chi connectivity index (χ1n) is 22.5. The van der Waals surface area contributed by atoms with Gasteiger partial charge in [0.05, 0.1) is 22.5 Å². The Labute approximate surface area is 368 Å². The molecule has 0 amide bonds. The molecule has 0 spiro atoms. The predicted molar refractivity (Wildman–Crippen MR) is 263 cm³/mol. The van der Waals surface area contributed by atoms with E-state index in [2.05, 4.69) is 178 Å². The number of allylic oxidation sites excluding steroid dienone is 19. The first-order valence-corrected chi connectivity index (χ1v) is 22.5. The van der Waals surface area contributed by atoms with Crippen LogP contribution in [0, 0.1) is 17.8 Å². The van der Waals surface area contributed by atoms with Crippen LogP contribution >= 0.6 is 0 Å². The minimum absolute atomic E-state index is 0.332. The van der Waals surface area contributed by atoms with E-state index in [1.54, 1.807) is 0 Å². The summed E-state index contributed by atoms with van der Waals surface area (Å²) in [5.41, 5.74) is 18.5. The maximum atomic E-state index is 5.49. The van der Waals surface area contributed by atoms with Gasteiger partial charge in [-0.3, -0.25) is 9.56 Å². The lowest BCUT2D eigenvalue weighted by Gasteiger charge is -2.36. The van der Waals surface area contributed by atoms with Crippen molar-refractivity contribution >= 4 is 34.1 Å². The fourth-order valence-corrected chi connectivity index (χ4v) is 11.4. The van der Waals surface area contributed by atoms with Gasteiger partial charge in [-0.1, -0.05) is 166 Å². The Morgan fingerprint density at radius 2 is 1.63 bits per heavy atom. The number of pyridine rings is 1. The Balaban J connectivity index is 1.11. The van der Waals surface area contributed by atoms with E-state index in [9.17, 15) is 0 Å². The molecule has 4 aromatic rings. The van der Waals surface area contributed by atoms with Gasteiger partial charge in [-0.2, -0.15) is 0 Å². The molecule has 0 saturated heterocycles. The third kappa shape index (κ3) is 6.32. The van der Waals surface area contributed by atoms with Crippen LogP contribution in [0.15, 0.2) is 188 Å². The Bertz CT molecular complexity index is 2830. The summed E-state index contributed by atoms with van der Waals surface area (Å²) in [5.74, 6) is 2.45. The van der Waals surface area contributed by atoms with E-state index < -0.39 is 5.41 Å². The second-order valence-electron chi connectivity index (χ2n) is 17.6. The van der Waals surface area contributed by atoms with Crippen molar-refractivity contribution < 1.29 is 0 Å². The third-order valence-corrected chi connectivity index (χ3v) is 14.2. The Morgan fingerprint density at radius 1 is 0.839 bits per heavy atom. The van der Waals surface area contributed by atoms with Gasteiger partial charge in [0.1, 0.15) is 5.82 Å². The van der Waals surface area contributed by atoms with Crippen LogP contribution in [0.1, 0.15) is 95.9 Å². The van der Waals surface area contributed by atoms with Crippen LogP contribution in [0.2, 0.25) is 0 Å². The summed E-state index contributed by atoms with van der Waals surface area (Å²) in [5, 5.41) is 0. The van der Waals surface area contributed by atoms with Crippen LogP contribution in [0.4, 0.5) is 0 Å². The summed E-state index contributed by atoms with van der Waals surface area (Å²) < 4.78 is 2.53. The van der Waals surface area contributed by atoms with Crippen LogP contribution in [-0.4, -0.2) is 21.8 Å². The molecule has 0 saturated carbocycles. The summed E-state index contributed by atoms with van der Waals surface area (Å²) in [7, 11) is 0. The van der Waals surface area contributed by atoms with Gasteiger partial charge in [0, 0.05) is 23.7 Å². The molecule has 3 nitrogen and oxygen atoms in total. The van der Waals surface area contributed by atoms with E-state index >= 15 is 0 Å². The second-order valence-corrected chi connectivity index (χ2v) is 17.6. The maximum absolute atomic E-state index is 5.49. The van der Waals surface area contributed by atoms with E-state index in [1.807, 2.05) is 24.3 Å². The van der Waals surface area contributed by atoms with Crippen LogP contribution in [0.3, 0.4) is 0 Å². The van der Waals surface area contributed by atoms with Gasteiger partial charge in [-0.25, -0.2) is 4.98 Å². The molecule has 62 heavy (non-hydrogen) atoms. The van der Waals surface area contributed by atoms with E-state index in [4.69, 9.17) is 9.98 Å². The summed E-state index contributed by atoms with van der Waals surface area (Å²) in [6.45, 7) is 17.6. The molecule has 6 aliphatic rings. The van der Waals surface area contributed by atoms with E-state index in [-0.39, 0.29) is 0 Å². The summed E-state index contributed by atoms with van der Waals surface area (Å²) >= 11 is 0. The highest BCUT2D eigenvalue weighted by atomic mass is 15.1. The Morgan fingerprint density at radius 3 is 2.42 bits per heavy atom. The molecule has 2 bridgehead atoms. The van der Waals surface area contributed by atoms with Gasteiger partial charge in [0.2, 0.25) is 0 Å². The largest absolute Gasteiger partial charge is 0.298 e. The zero-order chi connectivity index (χ0) is 42.4. The standard InChI is InChI=1S/C59H55N3/c1-6-18-40(9-4)53-37-45(41(19-7-2)20-8-3)38-56(61-53)62-54-33-30-44(36-50(54)57-42-22-17-21-39(5)47(31-28-42)58(57)62)43-29-32-52-49(35-43)48-25-13-14-26-51(48)59(52,46-23-11-10-12-24-46)55-27-15-16-34-60-55/h6-15,17-20,22-30,32-33,37-39,43-44,47H,1-2,4,16,21,31,34-36H2,3,5H3/b20-8-,22-17-,40-18+,41-19+. The van der Waals surface area contributed by atoms with Gasteiger partial charge >= 0.3 is 0 Å². The monoisotopic (exact) mass is 805 g/mol. The number of hydrogen-bond donors (Lipinski definition) is 0. The second kappa shape index (κ2) is 16.4. The summed E-state index contributed by atoms with van der Waals surface area (Å²) in [4.78, 5) is 10.7. The first-order chi connectivity index (χ1) is 30.5. The highest BCUT2D eigenvalue weighted by Gasteiger charge is 2.50. The Hall–Kier alpha value is -6.58. The molecule has 306 valence electrons. The molecule has 0 N–H and O–H groups in total. The van der Waals surface area contributed by atoms with E-state index in [1.165, 1.54) is 55.9 Å². The van der Waals surface area contributed by atoms with Gasteiger partial charge in [0.25, 0.3) is 0 Å². The lowest BCUT2D eigenvalue weighted by Crippen LogP contribution is -2.37. The van der Waals surface area contributed by atoms with Crippen molar-refractivity contribution in [1.82, 2.24) is 9.55 Å². The lowest BCUT2D eigenvalue weighted by atomic mass is 9.66. The fourth-order valence-electron chi connectivity index (χ4n) is 11.4. The highest BCUT2D eigenvalue weighted by molar-refractivity contribution is 6.14. The van der Waals surface area contributed by atoms with Crippen molar-refractivity contribution in [3.8, 4) is 5.82 Å². The molecule has 5 aliphatic carbocycles. The molecule has 2 aromatic heterocycles. The number of aromatic nitrogens is 2. The first kappa shape index (κ1) is 39.5. The van der Waals surface area contributed by atoms with Crippen molar-refractivity contribution in [3.05, 3.63) is 234 Å². The zero-order valence-corrected chi connectivity index (χ0v) is 36.1.